The van der Waals surface area contributed by atoms with E-state index in [9.17, 15) is 14.3 Å². The summed E-state index contributed by atoms with van der Waals surface area (Å²) in [6.07, 6.45) is 2.79. The van der Waals surface area contributed by atoms with E-state index in [4.69, 9.17) is 4.74 Å². The molecule has 1 fully saturated rings. The number of aliphatic hydroxyl groups excluding tert-OH is 1. The fourth-order valence-corrected chi connectivity index (χ4v) is 5.31. The number of morpholine rings is 1. The molecule has 4 unspecified atom stereocenters. The largest absolute Gasteiger partial charge is 0.394 e. The van der Waals surface area contributed by atoms with Crippen LogP contribution in [0.2, 0.25) is 0 Å². The van der Waals surface area contributed by atoms with E-state index in [0.717, 1.165) is 41.5 Å². The molecule has 0 aliphatic carbocycles. The lowest BCUT2D eigenvalue weighted by Gasteiger charge is -2.48. The molecule has 1 amide bonds. The maximum Gasteiger partial charge on any atom is 0.253 e. The van der Waals surface area contributed by atoms with Gasteiger partial charge in [0.2, 0.25) is 0 Å². The molecule has 5 heteroatoms. The van der Waals surface area contributed by atoms with Crippen LogP contribution in [0, 0.1) is 12.7 Å². The topological polar surface area (TPSA) is 49.8 Å². The number of rotatable bonds is 10. The van der Waals surface area contributed by atoms with Crippen molar-refractivity contribution in [1.29, 1.82) is 0 Å². The third-order valence-corrected chi connectivity index (χ3v) is 7.25. The van der Waals surface area contributed by atoms with Crippen LogP contribution < -0.4 is 0 Å². The zero-order valence-corrected chi connectivity index (χ0v) is 22.1. The number of amides is 1. The molecule has 196 valence electrons. The second kappa shape index (κ2) is 12.5. The Morgan fingerprint density at radius 2 is 1.51 bits per heavy atom. The second-order valence-electron chi connectivity index (χ2n) is 10.1. The van der Waals surface area contributed by atoms with E-state index in [1.165, 1.54) is 17.7 Å². The molecule has 0 saturated carbocycles. The normalized spacial score (nSPS) is 20.7. The first-order chi connectivity index (χ1) is 17.9. The monoisotopic (exact) mass is 503 g/mol. The van der Waals surface area contributed by atoms with Crippen LogP contribution in [0.15, 0.2) is 72.8 Å². The molecule has 3 aromatic carbocycles. The molecule has 4 rings (SSSR count). The number of carbonyl (C=O) groups is 1. The number of benzene rings is 3. The van der Waals surface area contributed by atoms with Crippen molar-refractivity contribution in [2.24, 2.45) is 0 Å². The van der Waals surface area contributed by atoms with Gasteiger partial charge in [-0.1, -0.05) is 92.9 Å². The van der Waals surface area contributed by atoms with E-state index in [-0.39, 0.29) is 30.4 Å². The van der Waals surface area contributed by atoms with Gasteiger partial charge >= 0.3 is 0 Å². The van der Waals surface area contributed by atoms with Gasteiger partial charge < -0.3 is 14.7 Å². The predicted molar refractivity (Wildman–Crippen MR) is 145 cm³/mol. The Balaban J connectivity index is 1.80. The predicted octanol–water partition coefficient (Wildman–Crippen LogP) is 6.50. The van der Waals surface area contributed by atoms with E-state index >= 15 is 0 Å². The lowest BCUT2D eigenvalue weighted by atomic mass is 9.88. The van der Waals surface area contributed by atoms with E-state index in [1.54, 1.807) is 12.1 Å². The van der Waals surface area contributed by atoms with Gasteiger partial charge in [0.05, 0.1) is 18.7 Å². The fraction of sp³-hybridized carbons (Fsp3) is 0.406. The van der Waals surface area contributed by atoms with Crippen LogP contribution in [-0.4, -0.2) is 34.7 Å². The Morgan fingerprint density at radius 3 is 2.11 bits per heavy atom. The lowest BCUT2D eigenvalue weighted by molar-refractivity contribution is -0.181. The van der Waals surface area contributed by atoms with Gasteiger partial charge in [-0.25, -0.2) is 4.39 Å². The van der Waals surface area contributed by atoms with E-state index < -0.39 is 12.2 Å². The third kappa shape index (κ3) is 6.28. The highest BCUT2D eigenvalue weighted by Crippen LogP contribution is 2.44. The number of halogens is 1. The minimum Gasteiger partial charge on any atom is -0.394 e. The number of hydrogen-bond donors (Lipinski definition) is 1. The Bertz CT molecular complexity index is 1140. The van der Waals surface area contributed by atoms with Gasteiger partial charge in [-0.3, -0.25) is 4.79 Å². The number of ether oxygens (including phenoxy) is 1. The van der Waals surface area contributed by atoms with Crippen molar-refractivity contribution >= 4 is 5.91 Å². The average molecular weight is 504 g/mol. The minimum absolute atomic E-state index is 0.117. The standard InChI is InChI=1S/C32H38FNO3/c1-4-6-23-10-16-25(17-11-23)30-31(26-14-8-22(3)9-15-26)37-29(20-24-12-18-27(33)19-13-24)32(36)34(30)28(21-35)7-5-2/h8-19,28-31,35H,4-7,20-21H2,1-3H3. The Morgan fingerprint density at radius 1 is 0.892 bits per heavy atom. The van der Waals surface area contributed by atoms with Crippen LogP contribution >= 0.6 is 0 Å². The van der Waals surface area contributed by atoms with E-state index in [1.807, 2.05) is 11.8 Å². The van der Waals surface area contributed by atoms with Crippen molar-refractivity contribution in [3.8, 4) is 0 Å². The first-order valence-electron chi connectivity index (χ1n) is 13.4. The summed E-state index contributed by atoms with van der Waals surface area (Å²) in [5.41, 5.74) is 5.22. The summed E-state index contributed by atoms with van der Waals surface area (Å²) in [4.78, 5) is 15.9. The molecule has 1 N–H and O–H groups in total. The molecule has 0 radical (unpaired) electrons. The Hall–Kier alpha value is -3.02. The number of aryl methyl sites for hydroxylation is 2. The second-order valence-corrected chi connectivity index (χ2v) is 10.1. The fourth-order valence-electron chi connectivity index (χ4n) is 5.31. The average Bonchev–Trinajstić information content (AvgIpc) is 2.91. The van der Waals surface area contributed by atoms with E-state index in [0.29, 0.717) is 12.8 Å². The molecular formula is C32H38FNO3. The zero-order valence-electron chi connectivity index (χ0n) is 22.1. The van der Waals surface area contributed by atoms with Gasteiger partial charge in [0.15, 0.2) is 0 Å². The maximum absolute atomic E-state index is 14.1. The molecule has 4 atom stereocenters. The van der Waals surface area contributed by atoms with Crippen molar-refractivity contribution in [3.05, 3.63) is 106 Å². The van der Waals surface area contributed by atoms with Crippen LogP contribution in [0.4, 0.5) is 4.39 Å². The van der Waals surface area contributed by atoms with E-state index in [2.05, 4.69) is 62.4 Å². The highest BCUT2D eigenvalue weighted by Gasteiger charge is 2.46. The molecule has 37 heavy (non-hydrogen) atoms. The van der Waals surface area contributed by atoms with Crippen molar-refractivity contribution in [2.45, 2.75) is 77.2 Å². The summed E-state index contributed by atoms with van der Waals surface area (Å²) < 4.78 is 20.2. The van der Waals surface area contributed by atoms with Gasteiger partial charge in [-0.05, 0) is 54.2 Å². The van der Waals surface area contributed by atoms with Crippen LogP contribution in [-0.2, 0) is 22.4 Å². The summed E-state index contributed by atoms with van der Waals surface area (Å²) >= 11 is 0. The molecule has 1 heterocycles. The summed E-state index contributed by atoms with van der Waals surface area (Å²) in [6.45, 7) is 6.16. The highest BCUT2D eigenvalue weighted by atomic mass is 19.1. The van der Waals surface area contributed by atoms with Crippen LogP contribution in [0.1, 0.15) is 73.1 Å². The first-order valence-corrected chi connectivity index (χ1v) is 13.4. The summed E-state index contributed by atoms with van der Waals surface area (Å²) in [6, 6.07) is 22.2. The minimum atomic E-state index is -0.738. The zero-order chi connectivity index (χ0) is 26.4. The van der Waals surface area contributed by atoms with Crippen molar-refractivity contribution < 1.29 is 19.0 Å². The number of carbonyl (C=O) groups excluding carboxylic acids is 1. The number of hydrogen-bond acceptors (Lipinski definition) is 3. The molecule has 4 nitrogen and oxygen atoms in total. The molecule has 0 bridgehead atoms. The lowest BCUT2D eigenvalue weighted by Crippen LogP contribution is -2.56. The number of aliphatic hydroxyl groups is 1. The van der Waals surface area contributed by atoms with Gasteiger partial charge in [-0.15, -0.1) is 0 Å². The molecule has 1 saturated heterocycles. The SMILES string of the molecule is CCCc1ccc(C2C(c3ccc(C)cc3)OC(Cc3ccc(F)cc3)C(=O)N2C(CO)CCC)cc1. The van der Waals surface area contributed by atoms with Crippen LogP contribution in [0.25, 0.3) is 0 Å². The van der Waals surface area contributed by atoms with Crippen LogP contribution in [0.5, 0.6) is 0 Å². The van der Waals surface area contributed by atoms with Crippen molar-refractivity contribution in [1.82, 2.24) is 4.90 Å². The summed E-state index contributed by atoms with van der Waals surface area (Å²) in [5, 5.41) is 10.4. The van der Waals surface area contributed by atoms with Gasteiger partial charge in [0, 0.05) is 6.42 Å². The molecule has 3 aromatic rings. The summed E-state index contributed by atoms with van der Waals surface area (Å²) in [7, 11) is 0. The molecular weight excluding hydrogens is 465 g/mol. The van der Waals surface area contributed by atoms with Gasteiger partial charge in [0.1, 0.15) is 18.0 Å². The van der Waals surface area contributed by atoms with Crippen molar-refractivity contribution in [3.63, 3.8) is 0 Å². The Labute approximate surface area is 220 Å². The summed E-state index contributed by atoms with van der Waals surface area (Å²) in [5.74, 6) is -0.448. The molecule has 0 aromatic heterocycles. The first kappa shape index (κ1) is 27.0. The molecule has 1 aliphatic rings. The quantitative estimate of drug-likeness (QED) is 0.344. The Kier molecular flexibility index (Phi) is 9.12. The molecule has 1 aliphatic heterocycles. The van der Waals surface area contributed by atoms with Crippen LogP contribution in [0.3, 0.4) is 0 Å². The highest BCUT2D eigenvalue weighted by molar-refractivity contribution is 5.83. The smallest absolute Gasteiger partial charge is 0.253 e. The van der Waals surface area contributed by atoms with Gasteiger partial charge in [0.25, 0.3) is 5.91 Å². The van der Waals surface area contributed by atoms with Crippen molar-refractivity contribution in [2.75, 3.05) is 6.61 Å². The number of nitrogens with zero attached hydrogens (tertiary/aromatic N) is 1. The van der Waals surface area contributed by atoms with Gasteiger partial charge in [-0.2, -0.15) is 0 Å². The maximum atomic E-state index is 14.1. The molecule has 0 spiro atoms. The third-order valence-electron chi connectivity index (χ3n) is 7.25.